The summed E-state index contributed by atoms with van der Waals surface area (Å²) in [4.78, 5) is 11.2. The molecule has 1 aromatic carbocycles. The quantitative estimate of drug-likeness (QED) is 0.854. The Morgan fingerprint density at radius 1 is 1.50 bits per heavy atom. The van der Waals surface area contributed by atoms with Crippen LogP contribution in [0, 0.1) is 11.7 Å². The Morgan fingerprint density at radius 3 is 2.62 bits per heavy atom. The van der Waals surface area contributed by atoms with Gasteiger partial charge in [-0.05, 0) is 31.9 Å². The molecule has 0 bridgehead atoms. The first-order valence-corrected chi connectivity index (χ1v) is 5.21. The van der Waals surface area contributed by atoms with E-state index in [9.17, 15) is 9.18 Å². The van der Waals surface area contributed by atoms with Crippen molar-refractivity contribution in [2.75, 3.05) is 0 Å². The number of benzene rings is 1. The highest BCUT2D eigenvalue weighted by molar-refractivity contribution is 5.78. The van der Waals surface area contributed by atoms with Crippen molar-refractivity contribution in [1.82, 2.24) is 0 Å². The van der Waals surface area contributed by atoms with Crippen LogP contribution in [0.25, 0.3) is 0 Å². The van der Waals surface area contributed by atoms with Crippen LogP contribution in [0.4, 0.5) is 4.39 Å². The molecule has 0 radical (unpaired) electrons. The van der Waals surface area contributed by atoms with Crippen molar-refractivity contribution in [2.24, 2.45) is 5.92 Å². The monoisotopic (exact) mass is 224 g/mol. The van der Waals surface area contributed by atoms with Crippen LogP contribution in [0.3, 0.4) is 0 Å². The summed E-state index contributed by atoms with van der Waals surface area (Å²) in [6.45, 7) is 1.50. The van der Waals surface area contributed by atoms with Crippen molar-refractivity contribution < 1.29 is 19.0 Å². The average molecular weight is 224 g/mol. The van der Waals surface area contributed by atoms with E-state index >= 15 is 0 Å². The summed E-state index contributed by atoms with van der Waals surface area (Å²) in [6.07, 6.45) is 1.63. The number of ether oxygens (including phenoxy) is 1. The molecule has 86 valence electrons. The molecule has 1 saturated carbocycles. The van der Waals surface area contributed by atoms with E-state index in [0.717, 1.165) is 12.8 Å². The van der Waals surface area contributed by atoms with Crippen molar-refractivity contribution in [3.05, 3.63) is 30.1 Å². The molecule has 1 aliphatic carbocycles. The van der Waals surface area contributed by atoms with Gasteiger partial charge in [0.1, 0.15) is 0 Å². The maximum Gasteiger partial charge on any atom is 0.348 e. The lowest BCUT2D eigenvalue weighted by atomic mass is 10.0. The molecular weight excluding hydrogens is 211 g/mol. The minimum Gasteiger partial charge on any atom is -0.478 e. The maximum atomic E-state index is 13.3. The Bertz CT molecular complexity index is 414. The number of carbonyl (C=O) groups is 1. The number of halogens is 1. The summed E-state index contributed by atoms with van der Waals surface area (Å²) in [5.41, 5.74) is -1.32. The van der Waals surface area contributed by atoms with Crippen LogP contribution < -0.4 is 4.74 Å². The Morgan fingerprint density at radius 2 is 2.12 bits per heavy atom. The maximum absolute atomic E-state index is 13.3. The molecular formula is C12H13FO3. The lowest BCUT2D eigenvalue weighted by Gasteiger charge is -2.26. The number of aliphatic carboxylic acids is 1. The molecule has 0 amide bonds. The van der Waals surface area contributed by atoms with E-state index < -0.39 is 17.4 Å². The van der Waals surface area contributed by atoms with Gasteiger partial charge in [-0.3, -0.25) is 0 Å². The van der Waals surface area contributed by atoms with Gasteiger partial charge in [0.25, 0.3) is 0 Å². The molecule has 1 aliphatic rings. The Kier molecular flexibility index (Phi) is 2.58. The molecule has 1 atom stereocenters. The predicted molar refractivity (Wildman–Crippen MR) is 55.8 cm³/mol. The zero-order valence-electron chi connectivity index (χ0n) is 8.94. The summed E-state index contributed by atoms with van der Waals surface area (Å²) in [7, 11) is 0. The normalized spacial score (nSPS) is 18.9. The average Bonchev–Trinajstić information content (AvgIpc) is 3.04. The molecule has 1 fully saturated rings. The SMILES string of the molecule is CC(Oc1ccccc1F)(C(=O)O)C1CC1. The zero-order chi connectivity index (χ0) is 11.8. The lowest BCUT2D eigenvalue weighted by Crippen LogP contribution is -2.43. The summed E-state index contributed by atoms with van der Waals surface area (Å²) in [6, 6.07) is 5.86. The number of para-hydroxylation sites is 1. The predicted octanol–water partition coefficient (Wildman–Crippen LogP) is 2.46. The second-order valence-corrected chi connectivity index (χ2v) is 4.22. The van der Waals surface area contributed by atoms with Crippen LogP contribution in [0.15, 0.2) is 24.3 Å². The van der Waals surface area contributed by atoms with Crippen molar-refractivity contribution in [3.8, 4) is 5.75 Å². The van der Waals surface area contributed by atoms with Crippen molar-refractivity contribution in [2.45, 2.75) is 25.4 Å². The molecule has 0 heterocycles. The van der Waals surface area contributed by atoms with E-state index in [-0.39, 0.29) is 11.7 Å². The summed E-state index contributed by atoms with van der Waals surface area (Å²) >= 11 is 0. The van der Waals surface area contributed by atoms with Crippen molar-refractivity contribution in [1.29, 1.82) is 0 Å². The van der Waals surface area contributed by atoms with Gasteiger partial charge in [0, 0.05) is 5.92 Å². The first-order valence-electron chi connectivity index (χ1n) is 5.21. The first-order chi connectivity index (χ1) is 7.54. The van der Waals surface area contributed by atoms with E-state index in [0.29, 0.717) is 0 Å². The molecule has 4 heteroatoms. The van der Waals surface area contributed by atoms with Crippen LogP contribution in [-0.2, 0) is 4.79 Å². The largest absolute Gasteiger partial charge is 0.478 e. The van der Waals surface area contributed by atoms with Gasteiger partial charge in [0.15, 0.2) is 11.6 Å². The fourth-order valence-corrected chi connectivity index (χ4v) is 1.69. The molecule has 1 unspecified atom stereocenters. The van der Waals surface area contributed by atoms with Crippen molar-refractivity contribution in [3.63, 3.8) is 0 Å². The first kappa shape index (κ1) is 10.9. The number of carboxylic acid groups (broad SMARTS) is 1. The number of rotatable bonds is 4. The van der Waals surface area contributed by atoms with Crippen molar-refractivity contribution >= 4 is 5.97 Å². The molecule has 0 aromatic heterocycles. The van der Waals surface area contributed by atoms with Crippen LogP contribution in [0.5, 0.6) is 5.75 Å². The highest BCUT2D eigenvalue weighted by Gasteiger charge is 2.50. The molecule has 1 aromatic rings. The summed E-state index contributed by atoms with van der Waals surface area (Å²) < 4.78 is 18.7. The van der Waals surface area contributed by atoms with Gasteiger partial charge in [-0.25, -0.2) is 9.18 Å². The van der Waals surface area contributed by atoms with Gasteiger partial charge >= 0.3 is 5.97 Å². The van der Waals surface area contributed by atoms with E-state index in [1.165, 1.54) is 25.1 Å². The topological polar surface area (TPSA) is 46.5 Å². The summed E-state index contributed by atoms with van der Waals surface area (Å²) in [5.74, 6) is -1.60. The van der Waals surface area contributed by atoms with E-state index in [1.54, 1.807) is 6.07 Å². The van der Waals surface area contributed by atoms with Crippen LogP contribution >= 0.6 is 0 Å². The fourth-order valence-electron chi connectivity index (χ4n) is 1.69. The molecule has 0 aliphatic heterocycles. The molecule has 1 N–H and O–H groups in total. The van der Waals surface area contributed by atoms with Crippen LogP contribution in [0.1, 0.15) is 19.8 Å². The van der Waals surface area contributed by atoms with E-state index in [1.807, 2.05) is 0 Å². The minimum absolute atomic E-state index is 0.000648. The van der Waals surface area contributed by atoms with Gasteiger partial charge in [0.05, 0.1) is 0 Å². The number of hydrogen-bond acceptors (Lipinski definition) is 2. The third-order valence-corrected chi connectivity index (χ3v) is 2.94. The Balaban J connectivity index is 2.24. The third kappa shape index (κ3) is 1.87. The zero-order valence-corrected chi connectivity index (χ0v) is 8.94. The second kappa shape index (κ2) is 3.77. The molecule has 0 spiro atoms. The fraction of sp³-hybridized carbons (Fsp3) is 0.417. The Hall–Kier alpha value is -1.58. The summed E-state index contributed by atoms with van der Waals surface area (Å²) in [5, 5.41) is 9.15. The van der Waals surface area contributed by atoms with Gasteiger partial charge in [-0.15, -0.1) is 0 Å². The van der Waals surface area contributed by atoms with Crippen LogP contribution in [-0.4, -0.2) is 16.7 Å². The number of hydrogen-bond donors (Lipinski definition) is 1. The highest BCUT2D eigenvalue weighted by Crippen LogP contribution is 2.42. The third-order valence-electron chi connectivity index (χ3n) is 2.94. The number of carboxylic acids is 1. The lowest BCUT2D eigenvalue weighted by molar-refractivity contribution is -0.155. The Labute approximate surface area is 92.9 Å². The smallest absolute Gasteiger partial charge is 0.348 e. The van der Waals surface area contributed by atoms with Gasteiger partial charge in [0.2, 0.25) is 5.60 Å². The molecule has 0 saturated heterocycles. The highest BCUT2D eigenvalue weighted by atomic mass is 19.1. The van der Waals surface area contributed by atoms with Gasteiger partial charge in [-0.2, -0.15) is 0 Å². The second-order valence-electron chi connectivity index (χ2n) is 4.22. The minimum atomic E-state index is -1.32. The van der Waals surface area contributed by atoms with Gasteiger partial charge in [-0.1, -0.05) is 12.1 Å². The molecule has 2 rings (SSSR count). The van der Waals surface area contributed by atoms with E-state index in [2.05, 4.69) is 0 Å². The molecule has 16 heavy (non-hydrogen) atoms. The molecule has 3 nitrogen and oxygen atoms in total. The van der Waals surface area contributed by atoms with E-state index in [4.69, 9.17) is 9.84 Å². The standard InChI is InChI=1S/C12H13FO3/c1-12(11(14)15,8-6-7-8)16-10-5-3-2-4-9(10)13/h2-5,8H,6-7H2,1H3,(H,14,15). The van der Waals surface area contributed by atoms with Crippen LogP contribution in [0.2, 0.25) is 0 Å². The van der Waals surface area contributed by atoms with Gasteiger partial charge < -0.3 is 9.84 Å².